The van der Waals surface area contributed by atoms with Crippen molar-refractivity contribution in [3.05, 3.63) is 388 Å². The lowest BCUT2D eigenvalue weighted by molar-refractivity contribution is 0.669. The largest absolute Gasteiger partial charge is 0.456 e. The number of thiophene rings is 5. The van der Waals surface area contributed by atoms with Crippen molar-refractivity contribution in [1.82, 2.24) is 39.0 Å². The van der Waals surface area contributed by atoms with Crippen LogP contribution >= 0.6 is 56.7 Å². The van der Waals surface area contributed by atoms with E-state index in [0.717, 1.165) is 77.7 Å². The Bertz CT molecular complexity index is 8830. The van der Waals surface area contributed by atoms with Gasteiger partial charge in [0.2, 0.25) is 0 Å². The Hall–Kier alpha value is -15.5. The van der Waals surface area contributed by atoms with Gasteiger partial charge in [0, 0.05) is 159 Å². The molecule has 0 radical (unpaired) electrons. The van der Waals surface area contributed by atoms with Gasteiger partial charge in [-0.15, -0.1) is 56.7 Å². The summed E-state index contributed by atoms with van der Waals surface area (Å²) in [5.41, 5.74) is 19.1. The molecule has 0 saturated carbocycles. The highest BCUT2D eigenvalue weighted by molar-refractivity contribution is 7.34. The summed E-state index contributed by atoms with van der Waals surface area (Å²) in [7, 11) is 0. The number of benzene rings is 18. The second-order valence-electron chi connectivity index (χ2n) is 32.6. The minimum Gasteiger partial charge on any atom is -0.456 e. The summed E-state index contributed by atoms with van der Waals surface area (Å²) in [6, 6.07) is 139. The van der Waals surface area contributed by atoms with Gasteiger partial charge in [-0.1, -0.05) is 267 Å². The molecule has 28 rings (SSSR count). The first-order chi connectivity index (χ1) is 63.4. The van der Waals surface area contributed by atoms with Gasteiger partial charge in [0.15, 0.2) is 34.9 Å². The molecule has 14 heteroatoms. The third-order valence-electron chi connectivity index (χ3n) is 25.3. The Morgan fingerprint density at radius 2 is 0.477 bits per heavy atom. The van der Waals surface area contributed by atoms with Crippen molar-refractivity contribution in [3.63, 3.8) is 0 Å². The van der Waals surface area contributed by atoms with E-state index in [1.165, 1.54) is 156 Å². The maximum atomic E-state index is 6.48. The van der Waals surface area contributed by atoms with Crippen LogP contribution in [0.4, 0.5) is 0 Å². The van der Waals surface area contributed by atoms with Crippen molar-refractivity contribution >= 4 is 223 Å². The normalized spacial score (nSPS) is 12.1. The highest BCUT2D eigenvalue weighted by atomic mass is 32.1. The number of aromatic nitrogens is 8. The number of fused-ring (bicyclic) bond motifs is 26. The summed E-state index contributed by atoms with van der Waals surface area (Å²) in [6.45, 7) is 0. The molecule has 0 spiro atoms. The zero-order chi connectivity index (χ0) is 83.8. The Labute approximate surface area is 750 Å². The van der Waals surface area contributed by atoms with Gasteiger partial charge in [0.05, 0.1) is 40.9 Å². The third kappa shape index (κ3) is 11.7. The fraction of sp³-hybridized carbons (Fsp3) is 0. The van der Waals surface area contributed by atoms with E-state index in [0.29, 0.717) is 34.9 Å². The van der Waals surface area contributed by atoms with Crippen LogP contribution in [0.25, 0.3) is 268 Å². The lowest BCUT2D eigenvalue weighted by Gasteiger charge is -2.10. The molecule has 0 N–H and O–H groups in total. The average molecular weight is 1720 g/mol. The topological polar surface area (TPSA) is 100 Å². The van der Waals surface area contributed by atoms with E-state index in [9.17, 15) is 0 Å². The predicted octanol–water partition coefficient (Wildman–Crippen LogP) is 33.0. The van der Waals surface area contributed by atoms with Crippen LogP contribution in [0.3, 0.4) is 0 Å². The Kier molecular flexibility index (Phi) is 16.5. The van der Waals surface area contributed by atoms with E-state index in [1.807, 2.05) is 166 Å². The average Bonchev–Trinajstić information content (AvgIpc) is 1.58. The van der Waals surface area contributed by atoms with Gasteiger partial charge in [-0.3, -0.25) is 0 Å². The first-order valence-corrected chi connectivity index (χ1v) is 46.7. The van der Waals surface area contributed by atoms with Crippen LogP contribution in [-0.2, 0) is 0 Å². The Balaban J connectivity index is 0.000000132. The number of hydrogen-bond donors (Lipinski definition) is 0. The highest BCUT2D eigenvalue weighted by Crippen LogP contribution is 2.51. The highest BCUT2D eigenvalue weighted by Gasteiger charge is 2.25. The molecule has 0 atom stereocenters. The summed E-state index contributed by atoms with van der Waals surface area (Å²) in [5, 5.41) is 20.0. The van der Waals surface area contributed by atoms with Gasteiger partial charge in [-0.2, -0.15) is 0 Å². The Morgan fingerprint density at radius 3 is 0.945 bits per heavy atom. The fourth-order valence-electron chi connectivity index (χ4n) is 19.3. The van der Waals surface area contributed by atoms with Crippen LogP contribution in [0.1, 0.15) is 0 Å². The monoisotopic (exact) mass is 1720 g/mol. The summed E-state index contributed by atoms with van der Waals surface area (Å²) in [4.78, 5) is 30.0. The molecule has 0 bridgehead atoms. The molecular formula is C114H64N8OS5. The molecule has 0 saturated heterocycles. The van der Waals surface area contributed by atoms with E-state index in [1.54, 1.807) is 0 Å². The van der Waals surface area contributed by atoms with Crippen LogP contribution in [-0.4, -0.2) is 39.0 Å². The second kappa shape index (κ2) is 29.0. The van der Waals surface area contributed by atoms with E-state index in [4.69, 9.17) is 34.3 Å². The van der Waals surface area contributed by atoms with Gasteiger partial charge in [-0.05, 0) is 144 Å². The van der Waals surface area contributed by atoms with E-state index < -0.39 is 0 Å². The van der Waals surface area contributed by atoms with Crippen molar-refractivity contribution in [2.45, 2.75) is 0 Å². The van der Waals surface area contributed by atoms with Crippen LogP contribution in [0.15, 0.2) is 393 Å². The van der Waals surface area contributed by atoms with Crippen LogP contribution in [0.5, 0.6) is 0 Å². The fourth-order valence-corrected chi connectivity index (χ4v) is 25.7. The van der Waals surface area contributed by atoms with Gasteiger partial charge in [0.1, 0.15) is 11.2 Å². The van der Waals surface area contributed by atoms with Crippen molar-refractivity contribution in [3.8, 4) is 102 Å². The van der Waals surface area contributed by atoms with Gasteiger partial charge >= 0.3 is 0 Å². The molecule has 0 aliphatic rings. The number of para-hydroxylation sites is 2. The molecule has 18 aromatic carbocycles. The number of hydrogen-bond acceptors (Lipinski definition) is 12. The van der Waals surface area contributed by atoms with Crippen molar-refractivity contribution < 1.29 is 4.42 Å². The van der Waals surface area contributed by atoms with Crippen LogP contribution in [0.2, 0.25) is 0 Å². The molecule has 10 aromatic heterocycles. The minimum atomic E-state index is 0.609. The third-order valence-corrected chi connectivity index (χ3v) is 31.7. The molecule has 0 fully saturated rings. The molecular weight excluding hydrogens is 1660 g/mol. The maximum absolute atomic E-state index is 6.48. The van der Waals surface area contributed by atoms with Gasteiger partial charge in [-0.25, -0.2) is 29.9 Å². The van der Waals surface area contributed by atoms with Crippen molar-refractivity contribution in [2.24, 2.45) is 0 Å². The molecule has 0 unspecified atom stereocenters. The quantitative estimate of drug-likeness (QED) is 0.134. The van der Waals surface area contributed by atoms with Crippen molar-refractivity contribution in [1.29, 1.82) is 0 Å². The van der Waals surface area contributed by atoms with Gasteiger partial charge in [0.25, 0.3) is 0 Å². The predicted molar refractivity (Wildman–Crippen MR) is 544 cm³/mol. The summed E-state index contributed by atoms with van der Waals surface area (Å²) < 4.78 is 24.6. The lowest BCUT2D eigenvalue weighted by atomic mass is 10.0. The lowest BCUT2D eigenvalue weighted by Crippen LogP contribution is -2.00. The first kappa shape index (κ1) is 72.9. The van der Waals surface area contributed by atoms with Crippen LogP contribution < -0.4 is 0 Å². The summed E-state index contributed by atoms with van der Waals surface area (Å²) in [5.74, 6) is 3.84. The maximum Gasteiger partial charge on any atom is 0.164 e. The zero-order valence-corrected chi connectivity index (χ0v) is 72.1. The summed E-state index contributed by atoms with van der Waals surface area (Å²) in [6.07, 6.45) is 0. The molecule has 28 aromatic rings. The standard InChI is InChI=1S/C57H32N4OS2.C57H32N4S3/c1-3-12-33(13-4-1)55-58-56(34-14-5-2-6-15-34)60-57(59-55)36-23-28-49-45(31-36)46-32-37(24-29-50(46)62-49)61-47-20-9-7-16-39(47)44-30-35(22-27-48(44)61)38-18-11-19-41-43-26-25-42-40-17-8-10-21-51(40)63-53(42)54(43)64-52(38)41;1-3-12-33(13-4-1)55-58-56(34-14-5-2-6-15-34)60-57(59-55)36-23-28-50-45(31-36)46-32-37(24-29-51(46)62-50)61-47-20-9-7-16-39(47)44-30-35(22-27-48(44)61)38-18-11-19-41-43-26-25-42-40-17-8-10-21-49(40)63-53(42)54(43)64-52(38)41/h2*1-32H. The number of rotatable bonds is 10. The molecule has 0 amide bonds. The van der Waals surface area contributed by atoms with E-state index >= 15 is 0 Å². The SMILES string of the molecule is c1ccc(-c2nc(-c3ccccc3)nc(-c3ccc4oc5ccc(-n6c7ccccc7c7cc(-c8cccc9c8sc8c9ccc9c%10ccccc%10sc98)ccc76)cc5c4c3)n2)cc1.c1ccc(-c2nc(-c3ccccc3)nc(-c3ccc4sc5ccc(-n6c7ccccc7c7cc(-c8cccc9c8sc8c9ccc9c%10ccccc%10sc98)ccc76)cc5c4c3)n2)cc1. The zero-order valence-electron chi connectivity index (χ0n) is 68.0. The molecule has 9 nitrogen and oxygen atoms in total. The smallest absolute Gasteiger partial charge is 0.164 e. The Morgan fingerprint density at radius 1 is 0.172 bits per heavy atom. The summed E-state index contributed by atoms with van der Waals surface area (Å²) >= 11 is 9.50. The molecule has 596 valence electrons. The first-order valence-electron chi connectivity index (χ1n) is 42.7. The number of nitrogens with zero attached hydrogens (tertiary/aromatic N) is 8. The second-order valence-corrected chi connectivity index (χ2v) is 37.9. The number of furan rings is 1. The molecule has 0 aliphatic heterocycles. The van der Waals surface area contributed by atoms with Gasteiger partial charge < -0.3 is 13.6 Å². The minimum absolute atomic E-state index is 0.609. The molecule has 0 aliphatic carbocycles. The molecule has 10 heterocycles. The van der Waals surface area contributed by atoms with Crippen molar-refractivity contribution in [2.75, 3.05) is 0 Å². The van der Waals surface area contributed by atoms with Crippen LogP contribution in [0, 0.1) is 0 Å². The van der Waals surface area contributed by atoms with E-state index in [-0.39, 0.29) is 0 Å². The van der Waals surface area contributed by atoms with E-state index in [2.05, 4.69) is 288 Å². The molecule has 128 heavy (non-hydrogen) atoms.